The number of nitrogens with one attached hydrogen (secondary N) is 1. The van der Waals surface area contributed by atoms with Gasteiger partial charge in [0, 0.05) is 12.1 Å². The second-order valence-electron chi connectivity index (χ2n) is 7.74. The standard InChI is InChI=1S/C26H27N3O2/c1-19-8-5-10-21(16-19)26(30)27-18-25-28-23-12-3-4-13-24(23)29(25)14-7-15-31-22-11-6-9-20(2)17-22/h3-6,8-13,16-17H,7,14-15,18H2,1-2H3,(H,27,30). The van der Waals surface area contributed by atoms with Crippen molar-refractivity contribution in [3.05, 3.63) is 95.3 Å². The van der Waals surface area contributed by atoms with E-state index in [1.165, 1.54) is 5.56 Å². The molecular formula is C26H27N3O2. The maximum absolute atomic E-state index is 12.6. The summed E-state index contributed by atoms with van der Waals surface area (Å²) in [6.07, 6.45) is 0.840. The minimum Gasteiger partial charge on any atom is -0.494 e. The zero-order valence-electron chi connectivity index (χ0n) is 18.0. The molecule has 0 aliphatic rings. The van der Waals surface area contributed by atoms with Crippen molar-refractivity contribution in [3.8, 4) is 5.75 Å². The molecule has 4 aromatic rings. The molecule has 0 radical (unpaired) electrons. The molecule has 0 atom stereocenters. The average Bonchev–Trinajstić information content (AvgIpc) is 3.12. The Morgan fingerprint density at radius 3 is 2.55 bits per heavy atom. The number of carbonyl (C=O) groups excluding carboxylic acids is 1. The summed E-state index contributed by atoms with van der Waals surface area (Å²) in [5.41, 5.74) is 4.91. The van der Waals surface area contributed by atoms with Crippen molar-refractivity contribution in [2.75, 3.05) is 6.61 Å². The Morgan fingerprint density at radius 1 is 0.968 bits per heavy atom. The molecule has 1 amide bonds. The first-order chi connectivity index (χ1) is 15.1. The SMILES string of the molecule is Cc1cccc(OCCCn2c(CNC(=O)c3cccc(C)c3)nc3ccccc32)c1. The smallest absolute Gasteiger partial charge is 0.251 e. The first kappa shape index (κ1) is 20.7. The molecule has 0 aliphatic heterocycles. The van der Waals surface area contributed by atoms with Crippen molar-refractivity contribution in [1.82, 2.24) is 14.9 Å². The fourth-order valence-corrected chi connectivity index (χ4v) is 3.68. The van der Waals surface area contributed by atoms with Crippen LogP contribution in [0.1, 0.15) is 33.7 Å². The molecule has 5 nitrogen and oxygen atoms in total. The Hall–Kier alpha value is -3.60. The molecule has 0 unspecified atom stereocenters. The molecule has 1 N–H and O–H groups in total. The second-order valence-corrected chi connectivity index (χ2v) is 7.74. The predicted octanol–water partition coefficient (Wildman–Crippen LogP) is 5.05. The summed E-state index contributed by atoms with van der Waals surface area (Å²) >= 11 is 0. The van der Waals surface area contributed by atoms with Crippen LogP contribution < -0.4 is 10.1 Å². The maximum atomic E-state index is 12.6. The number of hydrogen-bond donors (Lipinski definition) is 1. The van der Waals surface area contributed by atoms with Crippen molar-refractivity contribution in [2.24, 2.45) is 0 Å². The van der Waals surface area contributed by atoms with Crippen LogP contribution in [0.5, 0.6) is 5.75 Å². The number of aryl methyl sites for hydroxylation is 3. The summed E-state index contributed by atoms with van der Waals surface area (Å²) in [4.78, 5) is 17.3. The quantitative estimate of drug-likeness (QED) is 0.411. The van der Waals surface area contributed by atoms with E-state index in [-0.39, 0.29) is 5.91 Å². The highest BCUT2D eigenvalue weighted by Crippen LogP contribution is 2.18. The number of ether oxygens (including phenoxy) is 1. The fraction of sp³-hybridized carbons (Fsp3) is 0.231. The summed E-state index contributed by atoms with van der Waals surface area (Å²) in [5.74, 6) is 1.64. The Balaban J connectivity index is 1.43. The lowest BCUT2D eigenvalue weighted by Crippen LogP contribution is -2.25. The van der Waals surface area contributed by atoms with E-state index in [2.05, 4.69) is 28.9 Å². The van der Waals surface area contributed by atoms with Crippen LogP contribution in [0.25, 0.3) is 11.0 Å². The van der Waals surface area contributed by atoms with Gasteiger partial charge in [0.1, 0.15) is 11.6 Å². The average molecular weight is 414 g/mol. The zero-order valence-corrected chi connectivity index (χ0v) is 18.0. The number of nitrogens with zero attached hydrogens (tertiary/aromatic N) is 2. The van der Waals surface area contributed by atoms with Gasteiger partial charge in [0.2, 0.25) is 0 Å². The molecule has 0 spiro atoms. The third kappa shape index (κ3) is 5.12. The molecule has 1 aromatic heterocycles. The van der Waals surface area contributed by atoms with Gasteiger partial charge >= 0.3 is 0 Å². The van der Waals surface area contributed by atoms with Crippen LogP contribution in [0.2, 0.25) is 0 Å². The Labute approximate surface area is 182 Å². The van der Waals surface area contributed by atoms with Crippen molar-refractivity contribution in [1.29, 1.82) is 0 Å². The van der Waals surface area contributed by atoms with Gasteiger partial charge in [-0.3, -0.25) is 4.79 Å². The van der Waals surface area contributed by atoms with Gasteiger partial charge in [-0.25, -0.2) is 4.98 Å². The van der Waals surface area contributed by atoms with Crippen LogP contribution in [-0.2, 0) is 13.1 Å². The minimum absolute atomic E-state index is 0.0925. The number of para-hydroxylation sites is 2. The highest BCUT2D eigenvalue weighted by molar-refractivity contribution is 5.94. The number of aromatic nitrogens is 2. The number of carbonyl (C=O) groups is 1. The summed E-state index contributed by atoms with van der Waals surface area (Å²) in [7, 11) is 0. The van der Waals surface area contributed by atoms with Crippen molar-refractivity contribution >= 4 is 16.9 Å². The van der Waals surface area contributed by atoms with Gasteiger partial charge in [-0.2, -0.15) is 0 Å². The number of rotatable bonds is 8. The van der Waals surface area contributed by atoms with Crippen LogP contribution in [0, 0.1) is 13.8 Å². The molecule has 5 heteroatoms. The van der Waals surface area contributed by atoms with E-state index in [9.17, 15) is 4.79 Å². The van der Waals surface area contributed by atoms with E-state index in [0.717, 1.165) is 41.1 Å². The number of amides is 1. The lowest BCUT2D eigenvalue weighted by atomic mass is 10.1. The number of benzene rings is 3. The molecular weight excluding hydrogens is 386 g/mol. The third-order valence-corrected chi connectivity index (χ3v) is 5.21. The van der Waals surface area contributed by atoms with Crippen molar-refractivity contribution in [3.63, 3.8) is 0 Å². The molecule has 0 fully saturated rings. The Bertz CT molecular complexity index is 1200. The van der Waals surface area contributed by atoms with Crippen molar-refractivity contribution < 1.29 is 9.53 Å². The number of hydrogen-bond acceptors (Lipinski definition) is 3. The number of fused-ring (bicyclic) bond motifs is 1. The third-order valence-electron chi connectivity index (χ3n) is 5.21. The molecule has 0 aliphatic carbocycles. The number of imidazole rings is 1. The van der Waals surface area contributed by atoms with E-state index in [1.54, 1.807) is 0 Å². The summed E-state index contributed by atoms with van der Waals surface area (Å²) in [5, 5.41) is 3.01. The fourth-order valence-electron chi connectivity index (χ4n) is 3.68. The molecule has 4 rings (SSSR count). The highest BCUT2D eigenvalue weighted by Gasteiger charge is 2.12. The first-order valence-electron chi connectivity index (χ1n) is 10.6. The Kier molecular flexibility index (Phi) is 6.32. The van der Waals surface area contributed by atoms with Crippen LogP contribution in [-0.4, -0.2) is 22.1 Å². The normalized spacial score (nSPS) is 10.9. The van der Waals surface area contributed by atoms with E-state index < -0.39 is 0 Å². The van der Waals surface area contributed by atoms with Gasteiger partial charge in [-0.05, 0) is 62.2 Å². The summed E-state index contributed by atoms with van der Waals surface area (Å²) in [6, 6.07) is 23.7. The van der Waals surface area contributed by atoms with Crippen LogP contribution in [0.15, 0.2) is 72.8 Å². The summed E-state index contributed by atoms with van der Waals surface area (Å²) < 4.78 is 8.07. The van der Waals surface area contributed by atoms with Gasteiger partial charge in [-0.15, -0.1) is 0 Å². The maximum Gasteiger partial charge on any atom is 0.251 e. The van der Waals surface area contributed by atoms with Crippen LogP contribution >= 0.6 is 0 Å². The molecule has 0 bridgehead atoms. The molecule has 1 heterocycles. The van der Waals surface area contributed by atoms with E-state index in [4.69, 9.17) is 9.72 Å². The van der Waals surface area contributed by atoms with E-state index >= 15 is 0 Å². The Morgan fingerprint density at radius 2 is 1.74 bits per heavy atom. The predicted molar refractivity (Wildman–Crippen MR) is 123 cm³/mol. The van der Waals surface area contributed by atoms with Crippen LogP contribution in [0.3, 0.4) is 0 Å². The van der Waals surface area contributed by atoms with E-state index in [1.807, 2.05) is 67.6 Å². The monoisotopic (exact) mass is 413 g/mol. The van der Waals surface area contributed by atoms with Gasteiger partial charge in [0.15, 0.2) is 0 Å². The largest absolute Gasteiger partial charge is 0.494 e. The highest BCUT2D eigenvalue weighted by atomic mass is 16.5. The molecule has 31 heavy (non-hydrogen) atoms. The summed E-state index contributed by atoms with van der Waals surface area (Å²) in [6.45, 7) is 5.80. The molecule has 0 saturated heterocycles. The van der Waals surface area contributed by atoms with Gasteiger partial charge in [-0.1, -0.05) is 42.0 Å². The molecule has 3 aromatic carbocycles. The minimum atomic E-state index is -0.0925. The lowest BCUT2D eigenvalue weighted by Gasteiger charge is -2.11. The van der Waals surface area contributed by atoms with Crippen molar-refractivity contribution in [2.45, 2.75) is 33.4 Å². The topological polar surface area (TPSA) is 56.1 Å². The lowest BCUT2D eigenvalue weighted by molar-refractivity contribution is 0.0949. The van der Waals surface area contributed by atoms with E-state index in [0.29, 0.717) is 18.7 Å². The molecule has 0 saturated carbocycles. The van der Waals surface area contributed by atoms with Gasteiger partial charge in [0.05, 0.1) is 24.2 Å². The zero-order chi connectivity index (χ0) is 21.6. The van der Waals surface area contributed by atoms with Gasteiger partial charge in [0.25, 0.3) is 5.91 Å². The first-order valence-corrected chi connectivity index (χ1v) is 10.6. The van der Waals surface area contributed by atoms with Crippen LogP contribution in [0.4, 0.5) is 0 Å². The second kappa shape index (κ2) is 9.47. The van der Waals surface area contributed by atoms with Gasteiger partial charge < -0.3 is 14.6 Å². The molecule has 158 valence electrons.